The van der Waals surface area contributed by atoms with Crippen LogP contribution in [0.1, 0.15) is 17.3 Å². The van der Waals surface area contributed by atoms with E-state index in [-0.39, 0.29) is 12.4 Å². The topological polar surface area (TPSA) is 100 Å². The van der Waals surface area contributed by atoms with E-state index in [9.17, 15) is 14.9 Å². The quantitative estimate of drug-likeness (QED) is 0.450. The summed E-state index contributed by atoms with van der Waals surface area (Å²) in [5, 5.41) is 14.1. The van der Waals surface area contributed by atoms with E-state index in [0.717, 1.165) is 0 Å². The molecule has 0 fully saturated rings. The molecule has 0 saturated carbocycles. The molecule has 0 saturated heterocycles. The summed E-state index contributed by atoms with van der Waals surface area (Å²) in [6, 6.07) is 6.89. The number of benzene rings is 1. The largest absolute Gasteiger partial charge is 0.491 e. The molecule has 0 aliphatic rings. The van der Waals surface area contributed by atoms with Crippen LogP contribution in [-0.2, 0) is 6.54 Å². The Kier molecular flexibility index (Phi) is 4.04. The molecule has 2 aromatic rings. The summed E-state index contributed by atoms with van der Waals surface area (Å²) >= 11 is 0. The second-order valence-corrected chi connectivity index (χ2v) is 3.97. The van der Waals surface area contributed by atoms with Gasteiger partial charge in [0, 0.05) is 5.10 Å². The van der Waals surface area contributed by atoms with Gasteiger partial charge in [0.05, 0.1) is 12.1 Å². The predicted octanol–water partition coefficient (Wildman–Crippen LogP) is 1.47. The summed E-state index contributed by atoms with van der Waals surface area (Å²) < 4.78 is 6.81. The SMILES string of the molecule is CC(=O)c1ccccc1OCCn1cnc([N+](=O)[O-])n1. The number of hydrogen-bond donors (Lipinski definition) is 0. The Morgan fingerprint density at radius 1 is 1.45 bits per heavy atom. The first-order valence-electron chi connectivity index (χ1n) is 5.84. The highest BCUT2D eigenvalue weighted by molar-refractivity contribution is 5.96. The molecule has 0 N–H and O–H groups in total. The molecule has 2 rings (SSSR count). The molecule has 0 spiro atoms. The van der Waals surface area contributed by atoms with E-state index < -0.39 is 10.9 Å². The van der Waals surface area contributed by atoms with Gasteiger partial charge in [0.25, 0.3) is 0 Å². The zero-order chi connectivity index (χ0) is 14.5. The number of nitro groups is 1. The van der Waals surface area contributed by atoms with Crippen LogP contribution < -0.4 is 4.74 Å². The van der Waals surface area contributed by atoms with E-state index >= 15 is 0 Å². The van der Waals surface area contributed by atoms with Crippen LogP contribution in [0.25, 0.3) is 0 Å². The Labute approximate surface area is 114 Å². The number of aromatic nitrogens is 3. The number of nitrogens with zero attached hydrogens (tertiary/aromatic N) is 4. The smallest absolute Gasteiger partial charge is 0.490 e. The Bertz CT molecular complexity index is 638. The maximum absolute atomic E-state index is 11.4. The molecule has 8 nitrogen and oxygen atoms in total. The number of para-hydroxylation sites is 1. The third-order valence-electron chi connectivity index (χ3n) is 2.53. The fourth-order valence-electron chi connectivity index (χ4n) is 1.61. The molecular formula is C12H12N4O4. The number of rotatable bonds is 6. The van der Waals surface area contributed by atoms with Crippen LogP contribution in [0, 0.1) is 10.1 Å². The standard InChI is InChI=1S/C12H12N4O4/c1-9(17)10-4-2-3-5-11(10)20-7-6-15-8-13-12(14-15)16(18)19/h2-5,8H,6-7H2,1H3. The minimum atomic E-state index is -0.664. The van der Waals surface area contributed by atoms with E-state index in [0.29, 0.717) is 17.9 Å². The van der Waals surface area contributed by atoms with Gasteiger partial charge < -0.3 is 14.9 Å². The van der Waals surface area contributed by atoms with Crippen molar-refractivity contribution in [2.75, 3.05) is 6.61 Å². The molecular weight excluding hydrogens is 264 g/mol. The fourth-order valence-corrected chi connectivity index (χ4v) is 1.61. The highest BCUT2D eigenvalue weighted by Crippen LogP contribution is 2.18. The summed E-state index contributed by atoms with van der Waals surface area (Å²) in [7, 11) is 0. The summed E-state index contributed by atoms with van der Waals surface area (Å²) in [5.74, 6) is -0.0549. The molecule has 0 aliphatic heterocycles. The lowest BCUT2D eigenvalue weighted by molar-refractivity contribution is -0.394. The zero-order valence-corrected chi connectivity index (χ0v) is 10.7. The van der Waals surface area contributed by atoms with Crippen LogP contribution in [-0.4, -0.2) is 32.1 Å². The Morgan fingerprint density at radius 2 is 2.20 bits per heavy atom. The van der Waals surface area contributed by atoms with Gasteiger partial charge in [-0.3, -0.25) is 4.79 Å². The molecule has 0 unspecified atom stereocenters. The van der Waals surface area contributed by atoms with Crippen molar-refractivity contribution in [1.29, 1.82) is 0 Å². The van der Waals surface area contributed by atoms with Gasteiger partial charge >= 0.3 is 5.95 Å². The van der Waals surface area contributed by atoms with E-state index in [1.54, 1.807) is 24.3 Å². The highest BCUT2D eigenvalue weighted by Gasteiger charge is 2.13. The highest BCUT2D eigenvalue weighted by atomic mass is 16.6. The average molecular weight is 276 g/mol. The maximum Gasteiger partial charge on any atom is 0.490 e. The van der Waals surface area contributed by atoms with Crippen molar-refractivity contribution in [3.63, 3.8) is 0 Å². The molecule has 20 heavy (non-hydrogen) atoms. The van der Waals surface area contributed by atoms with Crippen molar-refractivity contribution in [1.82, 2.24) is 14.8 Å². The molecule has 1 heterocycles. The Hall–Kier alpha value is -2.77. The van der Waals surface area contributed by atoms with Crippen molar-refractivity contribution >= 4 is 11.7 Å². The second-order valence-electron chi connectivity index (χ2n) is 3.97. The van der Waals surface area contributed by atoms with Crippen LogP contribution in [0.3, 0.4) is 0 Å². The van der Waals surface area contributed by atoms with Crippen LogP contribution in [0.4, 0.5) is 5.95 Å². The molecule has 0 radical (unpaired) electrons. The monoisotopic (exact) mass is 276 g/mol. The van der Waals surface area contributed by atoms with Crippen LogP contribution in [0.5, 0.6) is 5.75 Å². The van der Waals surface area contributed by atoms with Crippen molar-refractivity contribution < 1.29 is 14.5 Å². The molecule has 0 amide bonds. The van der Waals surface area contributed by atoms with Gasteiger partial charge in [0.15, 0.2) is 5.78 Å². The third-order valence-corrected chi connectivity index (χ3v) is 2.53. The van der Waals surface area contributed by atoms with Gasteiger partial charge in [-0.05, 0) is 24.0 Å². The minimum absolute atomic E-state index is 0.0861. The van der Waals surface area contributed by atoms with Gasteiger partial charge in [-0.1, -0.05) is 17.1 Å². The maximum atomic E-state index is 11.4. The Morgan fingerprint density at radius 3 is 2.85 bits per heavy atom. The van der Waals surface area contributed by atoms with Crippen molar-refractivity contribution in [3.8, 4) is 5.75 Å². The number of Topliss-reactive ketones (excluding diaryl/α,β-unsaturated/α-hetero) is 1. The molecule has 0 atom stereocenters. The number of carbonyl (C=O) groups is 1. The third kappa shape index (κ3) is 3.16. The van der Waals surface area contributed by atoms with Gasteiger partial charge in [-0.15, -0.1) is 0 Å². The molecule has 104 valence electrons. The van der Waals surface area contributed by atoms with Crippen molar-refractivity contribution in [2.45, 2.75) is 13.5 Å². The molecule has 8 heteroatoms. The summed E-state index contributed by atoms with van der Waals surface area (Å²) in [6.45, 7) is 1.99. The summed E-state index contributed by atoms with van der Waals surface area (Å²) in [5.41, 5.74) is 0.497. The number of ketones is 1. The van der Waals surface area contributed by atoms with E-state index in [1.165, 1.54) is 17.9 Å². The lowest BCUT2D eigenvalue weighted by Crippen LogP contribution is -2.10. The minimum Gasteiger partial charge on any atom is -0.491 e. The lowest BCUT2D eigenvalue weighted by Gasteiger charge is -2.08. The van der Waals surface area contributed by atoms with Crippen LogP contribution in [0.2, 0.25) is 0 Å². The van der Waals surface area contributed by atoms with Crippen LogP contribution >= 0.6 is 0 Å². The molecule has 0 bridgehead atoms. The number of ether oxygens (including phenoxy) is 1. The fraction of sp³-hybridized carbons (Fsp3) is 0.250. The van der Waals surface area contributed by atoms with E-state index in [2.05, 4.69) is 10.1 Å². The summed E-state index contributed by atoms with van der Waals surface area (Å²) in [4.78, 5) is 24.7. The van der Waals surface area contributed by atoms with Gasteiger partial charge in [0.2, 0.25) is 6.33 Å². The predicted molar refractivity (Wildman–Crippen MR) is 68.6 cm³/mol. The number of hydrogen-bond acceptors (Lipinski definition) is 6. The van der Waals surface area contributed by atoms with Gasteiger partial charge in [-0.2, -0.15) is 4.68 Å². The molecule has 0 aliphatic carbocycles. The lowest BCUT2D eigenvalue weighted by atomic mass is 10.1. The normalized spacial score (nSPS) is 10.2. The van der Waals surface area contributed by atoms with E-state index in [1.807, 2.05) is 0 Å². The first kappa shape index (κ1) is 13.7. The molecule has 1 aromatic carbocycles. The zero-order valence-electron chi connectivity index (χ0n) is 10.7. The van der Waals surface area contributed by atoms with Crippen molar-refractivity contribution in [2.24, 2.45) is 0 Å². The summed E-state index contributed by atoms with van der Waals surface area (Å²) in [6.07, 6.45) is 1.26. The van der Waals surface area contributed by atoms with Crippen LogP contribution in [0.15, 0.2) is 30.6 Å². The first-order valence-corrected chi connectivity index (χ1v) is 5.84. The average Bonchev–Trinajstić information content (AvgIpc) is 2.88. The second kappa shape index (κ2) is 5.91. The number of carbonyl (C=O) groups excluding carboxylic acids is 1. The first-order chi connectivity index (χ1) is 9.58. The molecule has 1 aromatic heterocycles. The van der Waals surface area contributed by atoms with Gasteiger partial charge in [-0.25, -0.2) is 0 Å². The van der Waals surface area contributed by atoms with E-state index in [4.69, 9.17) is 4.74 Å². The van der Waals surface area contributed by atoms with Crippen molar-refractivity contribution in [3.05, 3.63) is 46.3 Å². The Balaban J connectivity index is 1.96. The van der Waals surface area contributed by atoms with Gasteiger partial charge in [0.1, 0.15) is 12.4 Å².